The minimum atomic E-state index is -0.499. The highest BCUT2D eigenvalue weighted by Crippen LogP contribution is 2.26. The Balaban J connectivity index is 3.15. The highest BCUT2D eigenvalue weighted by molar-refractivity contribution is 6.34. The van der Waals surface area contributed by atoms with Crippen LogP contribution in [0.25, 0.3) is 0 Å². The van der Waals surface area contributed by atoms with Crippen LogP contribution in [-0.2, 0) is 9.53 Å². The molecule has 0 N–H and O–H groups in total. The Labute approximate surface area is 105 Å². The Morgan fingerprint density at radius 1 is 1.25 bits per heavy atom. The van der Waals surface area contributed by atoms with Gasteiger partial charge in [-0.25, -0.2) is 4.79 Å². The molecule has 0 aliphatic heterocycles. The van der Waals surface area contributed by atoms with Gasteiger partial charge >= 0.3 is 5.97 Å². The smallest absolute Gasteiger partial charge is 0.327 e. The van der Waals surface area contributed by atoms with Crippen molar-refractivity contribution in [3.8, 4) is 0 Å². The molecule has 0 fully saturated rings. The lowest BCUT2D eigenvalue weighted by Gasteiger charge is -2.22. The van der Waals surface area contributed by atoms with Crippen molar-refractivity contribution in [1.29, 1.82) is 0 Å². The van der Waals surface area contributed by atoms with E-state index in [9.17, 15) is 4.79 Å². The highest BCUT2D eigenvalue weighted by Gasteiger charge is 2.24. The fourth-order valence-corrected chi connectivity index (χ4v) is 2.03. The number of halogens is 2. The second kappa shape index (κ2) is 5.53. The molecule has 0 aliphatic carbocycles. The number of carbonyl (C=O) groups excluding carboxylic acids is 1. The normalized spacial score (nSPS) is 12.6. The lowest BCUT2D eigenvalue weighted by atomic mass is 10.1. The Bertz CT molecular complexity index is 373. The van der Waals surface area contributed by atoms with Gasteiger partial charge in [-0.05, 0) is 37.9 Å². The Morgan fingerprint density at radius 3 is 2.12 bits per heavy atom. The van der Waals surface area contributed by atoms with Gasteiger partial charge in [-0.15, -0.1) is 0 Å². The second-order valence-electron chi connectivity index (χ2n) is 3.59. The lowest BCUT2D eigenvalue weighted by molar-refractivity contribution is -0.146. The van der Waals surface area contributed by atoms with Crippen molar-refractivity contribution in [2.45, 2.75) is 6.04 Å². The molecule has 0 aliphatic rings. The van der Waals surface area contributed by atoms with Gasteiger partial charge in [-0.2, -0.15) is 0 Å². The molecule has 0 amide bonds. The average Bonchev–Trinajstić information content (AvgIpc) is 2.15. The third kappa shape index (κ3) is 3.11. The molecular formula is C11H13Cl2NO2. The van der Waals surface area contributed by atoms with E-state index in [2.05, 4.69) is 0 Å². The molecule has 1 atom stereocenters. The first-order valence-corrected chi connectivity index (χ1v) is 5.41. The minimum absolute atomic E-state index is 0.344. The summed E-state index contributed by atoms with van der Waals surface area (Å²) in [6, 6.07) is 4.53. The van der Waals surface area contributed by atoms with E-state index in [1.54, 1.807) is 37.2 Å². The summed E-state index contributed by atoms with van der Waals surface area (Å²) < 4.78 is 4.74. The van der Waals surface area contributed by atoms with Crippen LogP contribution in [-0.4, -0.2) is 32.1 Å². The van der Waals surface area contributed by atoms with Crippen molar-refractivity contribution in [2.75, 3.05) is 21.2 Å². The van der Waals surface area contributed by atoms with E-state index in [0.29, 0.717) is 15.6 Å². The van der Waals surface area contributed by atoms with E-state index >= 15 is 0 Å². The third-order valence-corrected chi connectivity index (χ3v) is 2.58. The van der Waals surface area contributed by atoms with Crippen LogP contribution in [0.3, 0.4) is 0 Å². The van der Waals surface area contributed by atoms with Gasteiger partial charge in [0.15, 0.2) is 0 Å². The molecule has 0 radical (unpaired) electrons. The summed E-state index contributed by atoms with van der Waals surface area (Å²) in [5.41, 5.74) is 0.717. The predicted octanol–water partition coefficient (Wildman–Crippen LogP) is 2.77. The number of esters is 1. The summed E-state index contributed by atoms with van der Waals surface area (Å²) >= 11 is 11.8. The summed E-state index contributed by atoms with van der Waals surface area (Å²) in [5.74, 6) is -0.344. The van der Waals surface area contributed by atoms with Crippen LogP contribution in [0.5, 0.6) is 0 Å². The largest absolute Gasteiger partial charge is 0.468 e. The maximum atomic E-state index is 11.6. The molecule has 0 bridgehead atoms. The summed E-state index contributed by atoms with van der Waals surface area (Å²) in [5, 5.41) is 0.997. The van der Waals surface area contributed by atoms with Gasteiger partial charge in [0.1, 0.15) is 6.04 Å². The molecular weight excluding hydrogens is 249 g/mol. The monoisotopic (exact) mass is 261 g/mol. The van der Waals surface area contributed by atoms with Gasteiger partial charge < -0.3 is 4.74 Å². The molecule has 0 saturated carbocycles. The SMILES string of the molecule is COC(=O)C(c1cc(Cl)cc(Cl)c1)N(C)C. The molecule has 1 unspecified atom stereocenters. The number of hydrogen-bond acceptors (Lipinski definition) is 3. The van der Waals surface area contributed by atoms with E-state index in [1.807, 2.05) is 0 Å². The number of benzene rings is 1. The Morgan fingerprint density at radius 2 is 1.75 bits per heavy atom. The van der Waals surface area contributed by atoms with Crippen LogP contribution in [0.15, 0.2) is 18.2 Å². The lowest BCUT2D eigenvalue weighted by Crippen LogP contribution is -2.28. The molecule has 0 spiro atoms. The van der Waals surface area contributed by atoms with Crippen molar-refractivity contribution in [2.24, 2.45) is 0 Å². The van der Waals surface area contributed by atoms with E-state index in [-0.39, 0.29) is 5.97 Å². The molecule has 3 nitrogen and oxygen atoms in total. The fraction of sp³-hybridized carbons (Fsp3) is 0.364. The van der Waals surface area contributed by atoms with Gasteiger partial charge in [-0.3, -0.25) is 4.90 Å². The molecule has 16 heavy (non-hydrogen) atoms. The molecule has 5 heteroatoms. The van der Waals surface area contributed by atoms with Crippen molar-refractivity contribution in [3.05, 3.63) is 33.8 Å². The maximum absolute atomic E-state index is 11.6. The Hall–Kier alpha value is -0.770. The van der Waals surface area contributed by atoms with Crippen LogP contribution in [0, 0.1) is 0 Å². The summed E-state index contributed by atoms with van der Waals surface area (Å²) in [6.07, 6.45) is 0. The van der Waals surface area contributed by atoms with Gasteiger partial charge in [0.05, 0.1) is 7.11 Å². The first-order chi connectivity index (χ1) is 7.45. The zero-order chi connectivity index (χ0) is 12.3. The molecule has 0 aromatic heterocycles. The molecule has 1 rings (SSSR count). The van der Waals surface area contributed by atoms with Crippen molar-refractivity contribution < 1.29 is 9.53 Å². The van der Waals surface area contributed by atoms with Crippen molar-refractivity contribution in [1.82, 2.24) is 4.90 Å². The zero-order valence-electron chi connectivity index (χ0n) is 9.33. The van der Waals surface area contributed by atoms with Crippen LogP contribution >= 0.6 is 23.2 Å². The molecule has 0 heterocycles. The number of rotatable bonds is 3. The second-order valence-corrected chi connectivity index (χ2v) is 4.46. The summed E-state index contributed by atoms with van der Waals surface area (Å²) in [4.78, 5) is 13.4. The predicted molar refractivity (Wildman–Crippen MR) is 64.9 cm³/mol. The topological polar surface area (TPSA) is 29.5 Å². The van der Waals surface area contributed by atoms with E-state index in [1.165, 1.54) is 7.11 Å². The first kappa shape index (κ1) is 13.3. The maximum Gasteiger partial charge on any atom is 0.327 e. The van der Waals surface area contributed by atoms with Gasteiger partial charge in [0.2, 0.25) is 0 Å². The number of methoxy groups -OCH3 is 1. The van der Waals surface area contributed by atoms with Crippen molar-refractivity contribution >= 4 is 29.2 Å². The molecule has 0 saturated heterocycles. The fourth-order valence-electron chi connectivity index (χ4n) is 1.49. The van der Waals surface area contributed by atoms with Crippen LogP contribution in [0.2, 0.25) is 10.0 Å². The number of nitrogens with zero attached hydrogens (tertiary/aromatic N) is 1. The van der Waals surface area contributed by atoms with Gasteiger partial charge in [0, 0.05) is 10.0 Å². The van der Waals surface area contributed by atoms with Crippen LogP contribution < -0.4 is 0 Å². The summed E-state index contributed by atoms with van der Waals surface area (Å²) in [6.45, 7) is 0. The van der Waals surface area contributed by atoms with Gasteiger partial charge in [0.25, 0.3) is 0 Å². The van der Waals surface area contributed by atoms with Gasteiger partial charge in [-0.1, -0.05) is 23.2 Å². The quantitative estimate of drug-likeness (QED) is 0.784. The molecule has 88 valence electrons. The molecule has 1 aromatic rings. The van der Waals surface area contributed by atoms with E-state index in [4.69, 9.17) is 27.9 Å². The standard InChI is InChI=1S/C11H13Cl2NO2/c1-14(2)10(11(15)16-3)7-4-8(12)6-9(13)5-7/h4-6,10H,1-3H3. The van der Waals surface area contributed by atoms with Crippen molar-refractivity contribution in [3.63, 3.8) is 0 Å². The number of likely N-dealkylation sites (N-methyl/N-ethyl adjacent to an activating group) is 1. The minimum Gasteiger partial charge on any atom is -0.468 e. The average molecular weight is 262 g/mol. The summed E-state index contributed by atoms with van der Waals surface area (Å²) in [7, 11) is 4.93. The van der Waals surface area contributed by atoms with Crippen LogP contribution in [0.1, 0.15) is 11.6 Å². The Kier molecular flexibility index (Phi) is 4.59. The van der Waals surface area contributed by atoms with Crippen LogP contribution in [0.4, 0.5) is 0 Å². The number of carbonyl (C=O) groups is 1. The first-order valence-electron chi connectivity index (χ1n) is 4.66. The van der Waals surface area contributed by atoms with E-state index in [0.717, 1.165) is 0 Å². The molecule has 1 aromatic carbocycles. The number of ether oxygens (including phenoxy) is 1. The zero-order valence-corrected chi connectivity index (χ0v) is 10.8. The van der Waals surface area contributed by atoms with E-state index < -0.39 is 6.04 Å². The third-order valence-electron chi connectivity index (χ3n) is 2.14. The number of hydrogen-bond donors (Lipinski definition) is 0. The highest BCUT2D eigenvalue weighted by atomic mass is 35.5.